The van der Waals surface area contributed by atoms with E-state index >= 15 is 0 Å². The van der Waals surface area contributed by atoms with Crippen LogP contribution in [0.1, 0.15) is 15.9 Å². The van der Waals surface area contributed by atoms with E-state index in [0.717, 1.165) is 6.07 Å². The van der Waals surface area contributed by atoms with Gasteiger partial charge < -0.3 is 11.1 Å². The molecule has 2 aromatic rings. The third kappa shape index (κ3) is 3.18. The number of nitrogens with zero attached hydrogens (tertiary/aromatic N) is 2. The van der Waals surface area contributed by atoms with Gasteiger partial charge in [0.1, 0.15) is 0 Å². The first-order valence-electron chi connectivity index (χ1n) is 5.65. The fourth-order valence-electron chi connectivity index (χ4n) is 1.67. The first-order chi connectivity index (χ1) is 9.70. The Morgan fingerprint density at radius 3 is 2.62 bits per heavy atom. The zero-order valence-electron chi connectivity index (χ0n) is 10.7. The van der Waals surface area contributed by atoms with E-state index in [1.54, 1.807) is 7.05 Å². The summed E-state index contributed by atoms with van der Waals surface area (Å²) < 4.78 is 39.6. The number of benzene rings is 1. The number of amides is 1. The minimum atomic E-state index is -4.55. The highest BCUT2D eigenvalue weighted by atomic mass is 79.9. The Morgan fingerprint density at radius 1 is 1.43 bits per heavy atom. The van der Waals surface area contributed by atoms with Crippen molar-refractivity contribution in [2.45, 2.75) is 6.18 Å². The highest BCUT2D eigenvalue weighted by Crippen LogP contribution is 2.35. The van der Waals surface area contributed by atoms with Crippen molar-refractivity contribution in [1.82, 2.24) is 9.78 Å². The monoisotopic (exact) mass is 362 g/mol. The number of carbonyl (C=O) groups excluding carboxylic acids is 1. The van der Waals surface area contributed by atoms with Gasteiger partial charge in [-0.05, 0) is 18.2 Å². The second-order valence-corrected chi connectivity index (χ2v) is 5.07. The molecule has 5 nitrogen and oxygen atoms in total. The standard InChI is InChI=1S/C12H10BrF3N4O/c1-20-10(9(17)5-18-20)19-11(21)6-2-3-8(13)7(4-6)12(14,15)16/h2-5H,17H2,1H3,(H,19,21). The minimum absolute atomic E-state index is 0.133. The molecule has 112 valence electrons. The largest absolute Gasteiger partial charge is 0.417 e. The van der Waals surface area contributed by atoms with Crippen LogP contribution >= 0.6 is 15.9 Å². The Labute approximate surface area is 126 Å². The van der Waals surface area contributed by atoms with Crippen molar-refractivity contribution in [2.24, 2.45) is 7.05 Å². The summed E-state index contributed by atoms with van der Waals surface area (Å²) in [6.07, 6.45) is -3.22. The van der Waals surface area contributed by atoms with Gasteiger partial charge in [0.2, 0.25) is 0 Å². The number of carbonyl (C=O) groups is 1. The smallest absolute Gasteiger partial charge is 0.394 e. The Bertz CT molecular complexity index is 677. The van der Waals surface area contributed by atoms with Gasteiger partial charge in [0, 0.05) is 17.1 Å². The van der Waals surface area contributed by atoms with Crippen LogP contribution in [0, 0.1) is 0 Å². The zero-order chi connectivity index (χ0) is 15.8. The summed E-state index contributed by atoms with van der Waals surface area (Å²) >= 11 is 2.81. The Hall–Kier alpha value is -2.03. The molecule has 1 aromatic carbocycles. The van der Waals surface area contributed by atoms with E-state index in [1.165, 1.54) is 23.0 Å². The fourth-order valence-corrected chi connectivity index (χ4v) is 2.14. The van der Waals surface area contributed by atoms with Gasteiger partial charge in [-0.1, -0.05) is 15.9 Å². The number of nitrogens with one attached hydrogen (secondary N) is 1. The van der Waals surface area contributed by atoms with Crippen LogP contribution in [0.25, 0.3) is 0 Å². The summed E-state index contributed by atoms with van der Waals surface area (Å²) in [7, 11) is 1.55. The minimum Gasteiger partial charge on any atom is -0.394 e. The van der Waals surface area contributed by atoms with Crippen LogP contribution in [0.5, 0.6) is 0 Å². The van der Waals surface area contributed by atoms with Crippen LogP contribution < -0.4 is 11.1 Å². The van der Waals surface area contributed by atoms with Gasteiger partial charge in [0.05, 0.1) is 17.4 Å². The van der Waals surface area contributed by atoms with E-state index in [0.29, 0.717) is 0 Å². The molecule has 3 N–H and O–H groups in total. The number of anilines is 2. The van der Waals surface area contributed by atoms with Crippen molar-refractivity contribution in [3.8, 4) is 0 Å². The van der Waals surface area contributed by atoms with Crippen LogP contribution in [0.3, 0.4) is 0 Å². The second kappa shape index (κ2) is 5.40. The van der Waals surface area contributed by atoms with Crippen molar-refractivity contribution in [2.75, 3.05) is 11.1 Å². The predicted octanol–water partition coefficient (Wildman–Crippen LogP) is 3.04. The molecule has 0 saturated heterocycles. The lowest BCUT2D eigenvalue weighted by Gasteiger charge is -2.11. The van der Waals surface area contributed by atoms with Crippen molar-refractivity contribution in [3.05, 3.63) is 40.0 Å². The van der Waals surface area contributed by atoms with Gasteiger partial charge in [0.25, 0.3) is 5.91 Å². The molecule has 2 rings (SSSR count). The summed E-state index contributed by atoms with van der Waals surface area (Å²) in [5.41, 5.74) is 4.77. The first-order valence-corrected chi connectivity index (χ1v) is 6.45. The van der Waals surface area contributed by atoms with Crippen molar-refractivity contribution in [1.29, 1.82) is 0 Å². The van der Waals surface area contributed by atoms with E-state index in [1.807, 2.05) is 0 Å². The van der Waals surface area contributed by atoms with Crippen LogP contribution in [0.15, 0.2) is 28.9 Å². The molecule has 0 radical (unpaired) electrons. The average molecular weight is 363 g/mol. The fraction of sp³-hybridized carbons (Fsp3) is 0.167. The number of halogens is 4. The molecule has 1 heterocycles. The maximum absolute atomic E-state index is 12.8. The molecule has 0 fully saturated rings. The van der Waals surface area contributed by atoms with E-state index in [9.17, 15) is 18.0 Å². The lowest BCUT2D eigenvalue weighted by Crippen LogP contribution is -2.17. The third-order valence-corrected chi connectivity index (χ3v) is 3.42. The van der Waals surface area contributed by atoms with Crippen molar-refractivity contribution >= 4 is 33.3 Å². The quantitative estimate of drug-likeness (QED) is 0.862. The van der Waals surface area contributed by atoms with E-state index in [4.69, 9.17) is 5.73 Å². The molecule has 0 saturated carbocycles. The van der Waals surface area contributed by atoms with E-state index < -0.39 is 17.6 Å². The highest BCUT2D eigenvalue weighted by Gasteiger charge is 2.33. The normalized spacial score (nSPS) is 11.5. The average Bonchev–Trinajstić information content (AvgIpc) is 2.69. The van der Waals surface area contributed by atoms with Crippen LogP contribution in [-0.2, 0) is 13.2 Å². The number of nitrogens with two attached hydrogens (primary N) is 1. The Kier molecular flexibility index (Phi) is 3.95. The molecular weight excluding hydrogens is 353 g/mol. The Morgan fingerprint density at radius 2 is 2.10 bits per heavy atom. The zero-order valence-corrected chi connectivity index (χ0v) is 12.3. The van der Waals surface area contributed by atoms with Crippen LogP contribution in [-0.4, -0.2) is 15.7 Å². The molecule has 0 unspecified atom stereocenters. The molecule has 21 heavy (non-hydrogen) atoms. The van der Waals surface area contributed by atoms with Crippen molar-refractivity contribution < 1.29 is 18.0 Å². The Balaban J connectivity index is 2.33. The predicted molar refractivity (Wildman–Crippen MR) is 74.7 cm³/mol. The summed E-state index contributed by atoms with van der Waals surface area (Å²) in [6, 6.07) is 3.22. The molecule has 0 bridgehead atoms. The van der Waals surface area contributed by atoms with Crippen LogP contribution in [0.2, 0.25) is 0 Å². The molecule has 0 spiro atoms. The summed E-state index contributed by atoms with van der Waals surface area (Å²) in [5.74, 6) is -0.486. The summed E-state index contributed by atoms with van der Waals surface area (Å²) in [4.78, 5) is 12.0. The molecule has 0 atom stereocenters. The van der Waals surface area contributed by atoms with Crippen LogP contribution in [0.4, 0.5) is 24.7 Å². The molecule has 1 aromatic heterocycles. The number of alkyl halides is 3. The van der Waals surface area contributed by atoms with Gasteiger partial charge in [-0.25, -0.2) is 0 Å². The molecule has 0 aliphatic heterocycles. The highest BCUT2D eigenvalue weighted by molar-refractivity contribution is 9.10. The summed E-state index contributed by atoms with van der Waals surface area (Å²) in [5, 5.41) is 6.25. The number of hydrogen-bond donors (Lipinski definition) is 2. The van der Waals surface area contributed by atoms with Crippen molar-refractivity contribution in [3.63, 3.8) is 0 Å². The van der Waals surface area contributed by atoms with Gasteiger partial charge in [-0.15, -0.1) is 0 Å². The number of aromatic nitrogens is 2. The number of nitrogen functional groups attached to an aromatic ring is 1. The molecular formula is C12H10BrF3N4O. The maximum Gasteiger partial charge on any atom is 0.417 e. The summed E-state index contributed by atoms with van der Waals surface area (Å²) in [6.45, 7) is 0. The number of rotatable bonds is 2. The first kappa shape index (κ1) is 15.4. The van der Waals surface area contributed by atoms with Gasteiger partial charge in [-0.3, -0.25) is 9.48 Å². The topological polar surface area (TPSA) is 72.9 Å². The van der Waals surface area contributed by atoms with E-state index in [-0.39, 0.29) is 21.5 Å². The van der Waals surface area contributed by atoms with Gasteiger partial charge >= 0.3 is 6.18 Å². The van der Waals surface area contributed by atoms with E-state index in [2.05, 4.69) is 26.3 Å². The molecule has 0 aliphatic carbocycles. The number of aryl methyl sites for hydroxylation is 1. The third-order valence-electron chi connectivity index (χ3n) is 2.73. The lowest BCUT2D eigenvalue weighted by atomic mass is 10.1. The maximum atomic E-state index is 12.8. The molecule has 0 aliphatic rings. The lowest BCUT2D eigenvalue weighted by molar-refractivity contribution is -0.138. The van der Waals surface area contributed by atoms with Gasteiger partial charge in [0.15, 0.2) is 5.82 Å². The number of hydrogen-bond acceptors (Lipinski definition) is 3. The molecule has 1 amide bonds. The SMILES string of the molecule is Cn1ncc(N)c1NC(=O)c1ccc(Br)c(C(F)(F)F)c1. The second-order valence-electron chi connectivity index (χ2n) is 4.22. The van der Waals surface area contributed by atoms with Gasteiger partial charge in [-0.2, -0.15) is 18.3 Å². The molecule has 9 heteroatoms.